The first-order valence-corrected chi connectivity index (χ1v) is 11.5. The van der Waals surface area contributed by atoms with Crippen molar-refractivity contribution in [2.24, 2.45) is 17.3 Å². The fraction of sp³-hybridized carbons (Fsp3) is 0.478. The molecule has 27 heavy (non-hydrogen) atoms. The lowest BCUT2D eigenvalue weighted by Gasteiger charge is -2.52. The van der Waals surface area contributed by atoms with Gasteiger partial charge in [0, 0.05) is 12.3 Å². The minimum absolute atomic E-state index is 0.159. The minimum Gasteiger partial charge on any atom is -0.392 e. The zero-order valence-corrected chi connectivity index (χ0v) is 18.0. The SMILES string of the molecule is CC1CCC(O)(O[SiH](c2ccccc2)c2ccccc2)C(C(C)(C)C)C1O. The second-order valence-corrected chi connectivity index (χ2v) is 11.3. The van der Waals surface area contributed by atoms with E-state index in [1.807, 2.05) is 36.4 Å². The highest BCUT2D eigenvalue weighted by molar-refractivity contribution is 6.80. The monoisotopic (exact) mass is 384 g/mol. The molecule has 0 spiro atoms. The van der Waals surface area contributed by atoms with Crippen LogP contribution in [0.4, 0.5) is 0 Å². The van der Waals surface area contributed by atoms with Crippen LogP contribution < -0.4 is 10.4 Å². The van der Waals surface area contributed by atoms with Crippen LogP contribution in [0.3, 0.4) is 0 Å². The van der Waals surface area contributed by atoms with Crippen molar-refractivity contribution in [2.45, 2.75) is 52.4 Å². The van der Waals surface area contributed by atoms with Crippen molar-refractivity contribution in [3.8, 4) is 0 Å². The van der Waals surface area contributed by atoms with E-state index in [0.717, 1.165) is 16.8 Å². The molecule has 0 saturated heterocycles. The van der Waals surface area contributed by atoms with Crippen molar-refractivity contribution in [1.29, 1.82) is 0 Å². The summed E-state index contributed by atoms with van der Waals surface area (Å²) in [5.74, 6) is -1.50. The third-order valence-electron chi connectivity index (χ3n) is 5.83. The molecule has 2 N–H and O–H groups in total. The Morgan fingerprint density at radius 2 is 1.44 bits per heavy atom. The summed E-state index contributed by atoms with van der Waals surface area (Å²) < 4.78 is 6.64. The standard InChI is InChI=1S/C23H32O3Si/c1-17-15-16-23(25,21(20(17)24)22(2,3)4)26-27(18-11-7-5-8-12-18)19-13-9-6-10-14-19/h5-14,17,20-21,24-25,27H,15-16H2,1-4H3. The molecular formula is C23H32O3Si. The number of aliphatic hydroxyl groups excluding tert-OH is 1. The molecule has 2 aromatic rings. The second kappa shape index (κ2) is 7.88. The van der Waals surface area contributed by atoms with E-state index in [2.05, 4.69) is 52.0 Å². The van der Waals surface area contributed by atoms with Crippen LogP contribution in [0.1, 0.15) is 40.5 Å². The maximum Gasteiger partial charge on any atom is 0.243 e. The summed E-state index contributed by atoms with van der Waals surface area (Å²) in [7, 11) is -2.11. The molecule has 1 aliphatic rings. The fourth-order valence-corrected chi connectivity index (χ4v) is 6.94. The average molecular weight is 385 g/mol. The van der Waals surface area contributed by atoms with Crippen molar-refractivity contribution in [1.82, 2.24) is 0 Å². The van der Waals surface area contributed by atoms with Gasteiger partial charge in [-0.25, -0.2) is 0 Å². The van der Waals surface area contributed by atoms with Crippen molar-refractivity contribution in [3.63, 3.8) is 0 Å². The Hall–Kier alpha value is -1.46. The normalized spacial score (nSPS) is 29.1. The first-order chi connectivity index (χ1) is 12.7. The van der Waals surface area contributed by atoms with Crippen LogP contribution in [0.2, 0.25) is 0 Å². The Morgan fingerprint density at radius 3 is 1.89 bits per heavy atom. The van der Waals surface area contributed by atoms with E-state index in [-0.39, 0.29) is 17.3 Å². The Labute approximate surface area is 164 Å². The van der Waals surface area contributed by atoms with Gasteiger partial charge >= 0.3 is 0 Å². The van der Waals surface area contributed by atoms with Gasteiger partial charge in [-0.3, -0.25) is 0 Å². The first kappa shape index (κ1) is 20.3. The summed E-state index contributed by atoms with van der Waals surface area (Å²) in [5, 5.41) is 24.9. The molecule has 3 rings (SSSR count). The highest BCUT2D eigenvalue weighted by Crippen LogP contribution is 2.47. The molecule has 1 saturated carbocycles. The van der Waals surface area contributed by atoms with E-state index >= 15 is 0 Å². The highest BCUT2D eigenvalue weighted by Gasteiger charge is 2.53. The molecule has 4 unspecified atom stereocenters. The van der Waals surface area contributed by atoms with Crippen LogP contribution in [-0.4, -0.2) is 31.1 Å². The largest absolute Gasteiger partial charge is 0.392 e. The van der Waals surface area contributed by atoms with Gasteiger partial charge in [-0.1, -0.05) is 88.4 Å². The molecule has 146 valence electrons. The van der Waals surface area contributed by atoms with Gasteiger partial charge in [-0.2, -0.15) is 0 Å². The quantitative estimate of drug-likeness (QED) is 0.629. The van der Waals surface area contributed by atoms with Crippen molar-refractivity contribution in [3.05, 3.63) is 60.7 Å². The van der Waals surface area contributed by atoms with Gasteiger partial charge in [0.2, 0.25) is 9.04 Å². The van der Waals surface area contributed by atoms with Crippen molar-refractivity contribution in [2.75, 3.05) is 0 Å². The lowest BCUT2D eigenvalue weighted by Crippen LogP contribution is -2.62. The Balaban J connectivity index is 2.01. The summed E-state index contributed by atoms with van der Waals surface area (Å²) in [6, 6.07) is 20.4. The zero-order chi connectivity index (χ0) is 19.7. The topological polar surface area (TPSA) is 49.7 Å². The molecule has 1 aliphatic carbocycles. The minimum atomic E-state index is -2.11. The molecule has 0 aliphatic heterocycles. The van der Waals surface area contributed by atoms with Gasteiger partial charge in [0.15, 0.2) is 5.79 Å². The molecular weight excluding hydrogens is 352 g/mol. The van der Waals surface area contributed by atoms with E-state index in [0.29, 0.717) is 6.42 Å². The van der Waals surface area contributed by atoms with Crippen molar-refractivity contribution >= 4 is 19.4 Å². The van der Waals surface area contributed by atoms with Crippen LogP contribution in [-0.2, 0) is 4.43 Å². The van der Waals surface area contributed by atoms with Gasteiger partial charge in [0.1, 0.15) is 0 Å². The number of aliphatic hydroxyl groups is 2. The predicted molar refractivity (Wildman–Crippen MR) is 113 cm³/mol. The Morgan fingerprint density at radius 1 is 0.963 bits per heavy atom. The molecule has 0 aromatic heterocycles. The maximum absolute atomic E-state index is 11.7. The summed E-state index contributed by atoms with van der Waals surface area (Å²) in [6.45, 7) is 8.30. The fourth-order valence-electron chi connectivity index (χ4n) is 4.47. The summed E-state index contributed by atoms with van der Waals surface area (Å²) in [4.78, 5) is 0. The number of rotatable bonds is 4. The molecule has 1 fully saturated rings. The summed E-state index contributed by atoms with van der Waals surface area (Å²) in [5.41, 5.74) is -0.269. The molecule has 2 aromatic carbocycles. The van der Waals surface area contributed by atoms with Gasteiger partial charge in [0.25, 0.3) is 0 Å². The van der Waals surface area contributed by atoms with Crippen LogP contribution >= 0.6 is 0 Å². The highest BCUT2D eigenvalue weighted by atomic mass is 28.3. The van der Waals surface area contributed by atoms with Gasteiger partial charge < -0.3 is 14.6 Å². The lowest BCUT2D eigenvalue weighted by molar-refractivity contribution is -0.258. The molecule has 4 heteroatoms. The maximum atomic E-state index is 11.7. The summed E-state index contributed by atoms with van der Waals surface area (Å²) in [6.07, 6.45) is 0.732. The van der Waals surface area contributed by atoms with E-state index in [1.165, 1.54) is 0 Å². The Kier molecular flexibility index (Phi) is 5.92. The number of hydrogen-bond acceptors (Lipinski definition) is 3. The molecule has 4 atom stereocenters. The van der Waals surface area contributed by atoms with Crippen LogP contribution in [0.5, 0.6) is 0 Å². The summed E-state index contributed by atoms with van der Waals surface area (Å²) >= 11 is 0. The van der Waals surface area contributed by atoms with Crippen molar-refractivity contribution < 1.29 is 14.6 Å². The van der Waals surface area contributed by atoms with Crippen LogP contribution in [0.25, 0.3) is 0 Å². The average Bonchev–Trinajstić information content (AvgIpc) is 2.64. The van der Waals surface area contributed by atoms with E-state index < -0.39 is 20.9 Å². The van der Waals surface area contributed by atoms with Gasteiger partial charge in [-0.15, -0.1) is 0 Å². The van der Waals surface area contributed by atoms with E-state index in [1.54, 1.807) is 0 Å². The van der Waals surface area contributed by atoms with E-state index in [4.69, 9.17) is 4.43 Å². The number of hydrogen-bond donors (Lipinski definition) is 2. The van der Waals surface area contributed by atoms with Crippen LogP contribution in [0.15, 0.2) is 60.7 Å². The van der Waals surface area contributed by atoms with Gasteiger partial charge in [0.05, 0.1) is 6.10 Å². The molecule has 0 bridgehead atoms. The first-order valence-electron chi connectivity index (χ1n) is 9.90. The zero-order valence-electron chi connectivity index (χ0n) is 16.8. The van der Waals surface area contributed by atoms with Gasteiger partial charge in [-0.05, 0) is 28.1 Å². The second-order valence-electron chi connectivity index (χ2n) is 9.01. The Bertz CT molecular complexity index is 689. The predicted octanol–water partition coefficient (Wildman–Crippen LogP) is 2.68. The lowest BCUT2D eigenvalue weighted by atomic mass is 9.64. The molecule has 0 amide bonds. The third kappa shape index (κ3) is 4.35. The molecule has 0 radical (unpaired) electrons. The molecule has 3 nitrogen and oxygen atoms in total. The number of benzene rings is 2. The smallest absolute Gasteiger partial charge is 0.243 e. The molecule has 0 heterocycles. The van der Waals surface area contributed by atoms with Crippen LogP contribution in [0, 0.1) is 17.3 Å². The third-order valence-corrected chi connectivity index (χ3v) is 8.45. The van der Waals surface area contributed by atoms with E-state index in [9.17, 15) is 10.2 Å².